The van der Waals surface area contributed by atoms with Crippen molar-refractivity contribution in [3.63, 3.8) is 0 Å². The third-order valence-corrected chi connectivity index (χ3v) is 10.7. The number of unbranched alkanes of at least 4 members (excludes halogenated alkanes) is 1. The lowest BCUT2D eigenvalue weighted by atomic mass is 10.2. The first-order valence-corrected chi connectivity index (χ1v) is 13.6. The van der Waals surface area contributed by atoms with Crippen LogP contribution < -0.4 is 0 Å². The monoisotopic (exact) mass is 315 g/mol. The molecule has 116 valence electrons. The van der Waals surface area contributed by atoms with Gasteiger partial charge in [-0.3, -0.25) is 0 Å². The Balaban J connectivity index is 4.07. The number of nitrogens with zero attached hydrogens (tertiary/aromatic N) is 3. The lowest BCUT2D eigenvalue weighted by molar-refractivity contribution is -0.117. The molecule has 0 unspecified atom stereocenters. The zero-order valence-corrected chi connectivity index (χ0v) is 15.6. The summed E-state index contributed by atoms with van der Waals surface area (Å²) in [5, 5.41) is 3.58. The Kier molecular flexibility index (Phi) is 9.04. The highest BCUT2D eigenvalue weighted by atomic mass is 28.4. The third kappa shape index (κ3) is 11.2. The highest BCUT2D eigenvalue weighted by Gasteiger charge is 2.32. The fraction of sp³-hybridized carbons (Fsp3) is 0.923. The second-order valence-electron chi connectivity index (χ2n) is 6.59. The molecule has 0 aliphatic rings. The van der Waals surface area contributed by atoms with Gasteiger partial charge >= 0.3 is 0 Å². The third-order valence-electron chi connectivity index (χ3n) is 3.21. The van der Waals surface area contributed by atoms with Crippen molar-refractivity contribution < 1.29 is 8.91 Å². The Bertz CT molecular complexity index is 354. The maximum atomic E-state index is 10.9. The van der Waals surface area contributed by atoms with E-state index in [1.165, 1.54) is 0 Å². The molecule has 0 radical (unpaired) electrons. The van der Waals surface area contributed by atoms with Gasteiger partial charge in [-0.15, -0.1) is 0 Å². The first-order valence-electron chi connectivity index (χ1n) is 7.39. The van der Waals surface area contributed by atoms with Crippen molar-refractivity contribution in [1.82, 2.24) is 0 Å². The van der Waals surface area contributed by atoms with Gasteiger partial charge in [-0.2, -0.15) is 0 Å². The maximum absolute atomic E-state index is 10.9. The van der Waals surface area contributed by atoms with E-state index >= 15 is 0 Å². The van der Waals surface area contributed by atoms with Crippen LogP contribution in [0.1, 0.15) is 32.6 Å². The molecule has 0 N–H and O–H groups in total. The minimum Gasteiger partial charge on any atom is -0.455 e. The maximum Gasteiger partial charge on any atom is 0.173 e. The second-order valence-corrected chi connectivity index (χ2v) is 15.4. The number of Topliss-reactive ketones (excluding diaryl/α,β-unsaturated/α-hetero) is 1. The quantitative estimate of drug-likeness (QED) is 0.179. The van der Waals surface area contributed by atoms with Crippen LogP contribution in [-0.4, -0.2) is 29.0 Å². The highest BCUT2D eigenvalue weighted by molar-refractivity contribution is 6.84. The molecule has 0 atom stereocenters. The fourth-order valence-electron chi connectivity index (χ4n) is 2.39. The topological polar surface area (TPSA) is 75.1 Å². The summed E-state index contributed by atoms with van der Waals surface area (Å²) in [5.41, 5.74) is 8.26. The van der Waals surface area contributed by atoms with Crippen LogP contribution in [0.15, 0.2) is 5.11 Å². The zero-order chi connectivity index (χ0) is 15.6. The van der Waals surface area contributed by atoms with Crippen LogP contribution in [-0.2, 0) is 8.91 Å². The molecule has 0 rings (SSSR count). The SMILES string of the molecule is CC(=O)CCCC[Si](C)(C)O[Si](C)(C)CCCN=[N+]=[N-]. The Hall–Kier alpha value is -0.626. The van der Waals surface area contributed by atoms with Gasteiger partial charge < -0.3 is 8.91 Å². The van der Waals surface area contributed by atoms with Gasteiger partial charge in [0.2, 0.25) is 0 Å². The first-order chi connectivity index (χ1) is 9.18. The number of carbonyl (C=O) groups is 1. The van der Waals surface area contributed by atoms with Crippen molar-refractivity contribution in [3.8, 4) is 0 Å². The van der Waals surface area contributed by atoms with Crippen molar-refractivity contribution in [2.24, 2.45) is 5.11 Å². The molecule has 7 heteroatoms. The second kappa shape index (κ2) is 9.34. The molecule has 0 amide bonds. The zero-order valence-electron chi connectivity index (χ0n) is 13.6. The van der Waals surface area contributed by atoms with Crippen molar-refractivity contribution in [2.75, 3.05) is 6.54 Å². The Morgan fingerprint density at radius 2 is 1.65 bits per heavy atom. The molecule has 0 bridgehead atoms. The summed E-state index contributed by atoms with van der Waals surface area (Å²) >= 11 is 0. The summed E-state index contributed by atoms with van der Waals surface area (Å²) in [7, 11) is -3.29. The fourth-order valence-corrected chi connectivity index (χ4v) is 11.3. The van der Waals surface area contributed by atoms with E-state index in [1.807, 2.05) is 0 Å². The predicted octanol–water partition coefficient (Wildman–Crippen LogP) is 4.87. The number of rotatable bonds is 11. The molecule has 0 saturated heterocycles. The van der Waals surface area contributed by atoms with E-state index in [2.05, 4.69) is 36.2 Å². The van der Waals surface area contributed by atoms with Gasteiger partial charge in [0, 0.05) is 17.9 Å². The Morgan fingerprint density at radius 3 is 2.15 bits per heavy atom. The van der Waals surface area contributed by atoms with E-state index in [-0.39, 0.29) is 5.78 Å². The summed E-state index contributed by atoms with van der Waals surface area (Å²) in [4.78, 5) is 13.7. The van der Waals surface area contributed by atoms with Crippen LogP contribution in [0.3, 0.4) is 0 Å². The van der Waals surface area contributed by atoms with E-state index in [0.717, 1.165) is 31.4 Å². The van der Waals surface area contributed by atoms with Gasteiger partial charge in [0.25, 0.3) is 0 Å². The molecule has 0 aliphatic heterocycles. The number of ketones is 1. The van der Waals surface area contributed by atoms with Gasteiger partial charge in [-0.1, -0.05) is 11.5 Å². The van der Waals surface area contributed by atoms with Crippen LogP contribution in [0.4, 0.5) is 0 Å². The molecule has 0 aromatic rings. The van der Waals surface area contributed by atoms with E-state index in [0.29, 0.717) is 13.0 Å². The van der Waals surface area contributed by atoms with Gasteiger partial charge in [0.05, 0.1) is 0 Å². The normalized spacial score (nSPS) is 12.1. The molecular weight excluding hydrogens is 286 g/mol. The van der Waals surface area contributed by atoms with Gasteiger partial charge in [-0.05, 0) is 63.6 Å². The van der Waals surface area contributed by atoms with E-state index < -0.39 is 16.6 Å². The van der Waals surface area contributed by atoms with E-state index in [1.54, 1.807) is 6.92 Å². The van der Waals surface area contributed by atoms with E-state index in [9.17, 15) is 4.79 Å². The standard InChI is InChI=1S/C13H29N3O2Si2/c1-13(17)9-6-7-11-19(2,3)18-20(4,5)12-8-10-15-16-14/h6-12H2,1-5H3. The van der Waals surface area contributed by atoms with Crippen LogP contribution >= 0.6 is 0 Å². The average Bonchev–Trinajstić information content (AvgIpc) is 2.29. The number of carbonyl (C=O) groups excluding carboxylic acids is 1. The molecule has 0 saturated carbocycles. The van der Waals surface area contributed by atoms with Crippen molar-refractivity contribution in [1.29, 1.82) is 0 Å². The summed E-state index contributed by atoms with van der Waals surface area (Å²) in [6.45, 7) is 11.2. The van der Waals surface area contributed by atoms with Crippen molar-refractivity contribution >= 4 is 22.4 Å². The molecular formula is C13H29N3O2Si2. The van der Waals surface area contributed by atoms with Gasteiger partial charge in [0.15, 0.2) is 16.6 Å². The smallest absolute Gasteiger partial charge is 0.173 e. The molecule has 0 aliphatic carbocycles. The highest BCUT2D eigenvalue weighted by Crippen LogP contribution is 2.24. The van der Waals surface area contributed by atoms with Crippen LogP contribution in [0.5, 0.6) is 0 Å². The molecule has 0 spiro atoms. The molecule has 0 aromatic heterocycles. The average molecular weight is 316 g/mol. The molecule has 5 nitrogen and oxygen atoms in total. The lowest BCUT2D eigenvalue weighted by Crippen LogP contribution is -2.44. The summed E-state index contributed by atoms with van der Waals surface area (Å²) in [5.74, 6) is 0.276. The van der Waals surface area contributed by atoms with Gasteiger partial charge in [0.1, 0.15) is 5.78 Å². The van der Waals surface area contributed by atoms with Gasteiger partial charge in [-0.25, -0.2) is 0 Å². The van der Waals surface area contributed by atoms with E-state index in [4.69, 9.17) is 9.65 Å². The van der Waals surface area contributed by atoms with Crippen LogP contribution in [0.2, 0.25) is 38.3 Å². The van der Waals surface area contributed by atoms with Crippen LogP contribution in [0.25, 0.3) is 10.4 Å². The van der Waals surface area contributed by atoms with Crippen molar-refractivity contribution in [3.05, 3.63) is 10.4 Å². The number of hydrogen-bond acceptors (Lipinski definition) is 3. The summed E-state index contributed by atoms with van der Waals surface area (Å²) < 4.78 is 6.47. The van der Waals surface area contributed by atoms with Crippen LogP contribution in [0, 0.1) is 0 Å². The molecule has 0 fully saturated rings. The number of azide groups is 1. The molecule has 20 heavy (non-hydrogen) atoms. The lowest BCUT2D eigenvalue weighted by Gasteiger charge is -2.34. The minimum atomic E-state index is -1.66. The first kappa shape index (κ1) is 19.4. The summed E-state index contributed by atoms with van der Waals surface area (Å²) in [6, 6.07) is 2.16. The predicted molar refractivity (Wildman–Crippen MR) is 88.8 cm³/mol. The molecule has 0 aromatic carbocycles. The summed E-state index contributed by atoms with van der Waals surface area (Å²) in [6.07, 6.45) is 3.67. The molecule has 0 heterocycles. The Morgan fingerprint density at radius 1 is 1.10 bits per heavy atom. The largest absolute Gasteiger partial charge is 0.455 e. The minimum absolute atomic E-state index is 0.276. The number of hydrogen-bond donors (Lipinski definition) is 0. The Labute approximate surface area is 125 Å². The van der Waals surface area contributed by atoms with Crippen molar-refractivity contribution in [2.45, 2.75) is 70.9 Å².